The van der Waals surface area contributed by atoms with Gasteiger partial charge in [0.1, 0.15) is 0 Å². The molecule has 1 aliphatic heterocycles. The largest absolute Gasteiger partial charge is 0.333 e. The van der Waals surface area contributed by atoms with E-state index in [1.807, 2.05) is 47.4 Å². The Kier molecular flexibility index (Phi) is 6.67. The lowest BCUT2D eigenvalue weighted by atomic mass is 10.0. The Hall–Kier alpha value is -1.55. The number of carbonyl (C=O) groups is 1. The maximum atomic E-state index is 12.9. The molecular weight excluding hydrogens is 343 g/mol. The summed E-state index contributed by atoms with van der Waals surface area (Å²) in [6, 6.07) is 15.9. The lowest BCUT2D eigenvalue weighted by Gasteiger charge is -2.37. The smallest absolute Gasteiger partial charge is 0.227 e. The van der Waals surface area contributed by atoms with E-state index < -0.39 is 0 Å². The highest BCUT2D eigenvalue weighted by atomic mass is 35.5. The van der Waals surface area contributed by atoms with E-state index in [9.17, 15) is 4.79 Å². The summed E-state index contributed by atoms with van der Waals surface area (Å²) < 4.78 is 0. The van der Waals surface area contributed by atoms with Gasteiger partial charge in [-0.05, 0) is 35.7 Å². The number of piperazine rings is 1. The summed E-state index contributed by atoms with van der Waals surface area (Å²) in [6.45, 7) is 4.37. The maximum Gasteiger partial charge on any atom is 0.227 e. The molecule has 24 heavy (non-hydrogen) atoms. The second-order valence-corrected chi connectivity index (χ2v) is 6.40. The molecule has 1 heterocycles. The van der Waals surface area contributed by atoms with Crippen molar-refractivity contribution < 1.29 is 4.79 Å². The lowest BCUT2D eigenvalue weighted by Crippen LogP contribution is -2.49. The van der Waals surface area contributed by atoms with Crippen molar-refractivity contribution in [1.82, 2.24) is 10.2 Å². The number of nitrogens with one attached hydrogen (secondary N) is 1. The Labute approximate surface area is 154 Å². The number of amides is 1. The molecule has 1 aliphatic rings. The van der Waals surface area contributed by atoms with Crippen LogP contribution in [0.3, 0.4) is 0 Å². The predicted octanol–water partition coefficient (Wildman–Crippen LogP) is 3.79. The van der Waals surface area contributed by atoms with Crippen molar-refractivity contribution in [3.63, 3.8) is 0 Å². The van der Waals surface area contributed by atoms with Crippen LogP contribution in [0, 0.1) is 6.92 Å². The van der Waals surface area contributed by atoms with Gasteiger partial charge in [0.25, 0.3) is 0 Å². The number of nitrogens with zero attached hydrogens (tertiary/aromatic N) is 1. The van der Waals surface area contributed by atoms with Crippen molar-refractivity contribution in [1.29, 1.82) is 0 Å². The van der Waals surface area contributed by atoms with E-state index in [4.69, 9.17) is 11.6 Å². The third kappa shape index (κ3) is 4.29. The van der Waals surface area contributed by atoms with Crippen LogP contribution in [0.4, 0.5) is 0 Å². The van der Waals surface area contributed by atoms with Gasteiger partial charge in [0.05, 0.1) is 12.5 Å². The van der Waals surface area contributed by atoms with E-state index in [-0.39, 0.29) is 24.4 Å². The third-order valence-electron chi connectivity index (χ3n) is 4.40. The van der Waals surface area contributed by atoms with Crippen molar-refractivity contribution >= 4 is 29.9 Å². The highest BCUT2D eigenvalue weighted by Gasteiger charge is 2.28. The summed E-state index contributed by atoms with van der Waals surface area (Å²) in [7, 11) is 0. The van der Waals surface area contributed by atoms with E-state index in [1.165, 1.54) is 0 Å². The molecule has 0 bridgehead atoms. The summed E-state index contributed by atoms with van der Waals surface area (Å²) in [6.07, 6.45) is 0.448. The molecule has 3 rings (SSSR count). The SMILES string of the molecule is Cc1ccccc1CC(=O)N1CCNCC1c1cccc(Cl)c1.Cl. The van der Waals surface area contributed by atoms with Crippen LogP contribution in [0.15, 0.2) is 48.5 Å². The van der Waals surface area contributed by atoms with Crippen LogP contribution in [0.2, 0.25) is 5.02 Å². The fourth-order valence-electron chi connectivity index (χ4n) is 3.09. The van der Waals surface area contributed by atoms with Crippen LogP contribution in [0.1, 0.15) is 22.7 Å². The average molecular weight is 365 g/mol. The molecule has 1 amide bonds. The Morgan fingerprint density at radius 3 is 2.79 bits per heavy atom. The van der Waals surface area contributed by atoms with Gasteiger partial charge >= 0.3 is 0 Å². The molecule has 1 unspecified atom stereocenters. The van der Waals surface area contributed by atoms with Crippen LogP contribution in [-0.4, -0.2) is 30.4 Å². The van der Waals surface area contributed by atoms with Gasteiger partial charge in [-0.1, -0.05) is 48.0 Å². The predicted molar refractivity (Wildman–Crippen MR) is 101 cm³/mol. The fourth-order valence-corrected chi connectivity index (χ4v) is 3.29. The summed E-state index contributed by atoms with van der Waals surface area (Å²) in [5, 5.41) is 4.08. The summed E-state index contributed by atoms with van der Waals surface area (Å²) >= 11 is 6.12. The molecule has 5 heteroatoms. The molecule has 3 nitrogen and oxygen atoms in total. The minimum absolute atomic E-state index is 0. The maximum absolute atomic E-state index is 12.9. The minimum Gasteiger partial charge on any atom is -0.333 e. The Balaban J connectivity index is 0.00000208. The molecule has 2 aromatic rings. The number of carbonyl (C=O) groups excluding carboxylic acids is 1. The van der Waals surface area contributed by atoms with Crippen molar-refractivity contribution in [3.05, 3.63) is 70.2 Å². The van der Waals surface area contributed by atoms with Crippen molar-refractivity contribution in [2.45, 2.75) is 19.4 Å². The van der Waals surface area contributed by atoms with Gasteiger partial charge in [0.2, 0.25) is 5.91 Å². The molecule has 1 atom stereocenters. The zero-order chi connectivity index (χ0) is 16.2. The van der Waals surface area contributed by atoms with Gasteiger partial charge in [-0.2, -0.15) is 0 Å². The first-order valence-corrected chi connectivity index (χ1v) is 8.33. The van der Waals surface area contributed by atoms with Crippen molar-refractivity contribution in [3.8, 4) is 0 Å². The van der Waals surface area contributed by atoms with Gasteiger partial charge in [-0.15, -0.1) is 12.4 Å². The van der Waals surface area contributed by atoms with Crippen LogP contribution < -0.4 is 5.32 Å². The zero-order valence-corrected chi connectivity index (χ0v) is 15.2. The second kappa shape index (κ2) is 8.52. The molecule has 0 spiro atoms. The van der Waals surface area contributed by atoms with Crippen LogP contribution >= 0.6 is 24.0 Å². The quantitative estimate of drug-likeness (QED) is 0.898. The van der Waals surface area contributed by atoms with Gasteiger partial charge in [-0.25, -0.2) is 0 Å². The lowest BCUT2D eigenvalue weighted by molar-refractivity contribution is -0.133. The standard InChI is InChI=1S/C19H21ClN2O.ClH/c1-14-5-2-3-6-15(14)12-19(23)22-10-9-21-13-18(22)16-7-4-8-17(20)11-16;/h2-8,11,18,21H,9-10,12-13H2,1H3;1H. The number of hydrogen-bond acceptors (Lipinski definition) is 2. The Morgan fingerprint density at radius 1 is 1.25 bits per heavy atom. The number of rotatable bonds is 3. The molecule has 0 aromatic heterocycles. The van der Waals surface area contributed by atoms with E-state index in [0.717, 1.165) is 36.3 Å². The normalized spacial score (nSPS) is 17.2. The first-order valence-electron chi connectivity index (χ1n) is 7.95. The summed E-state index contributed by atoms with van der Waals surface area (Å²) in [5.74, 6) is 0.172. The van der Waals surface area contributed by atoms with Gasteiger partial charge in [0, 0.05) is 24.7 Å². The monoisotopic (exact) mass is 364 g/mol. The van der Waals surface area contributed by atoms with Gasteiger partial charge < -0.3 is 10.2 Å². The van der Waals surface area contributed by atoms with Crippen LogP contribution in [0.5, 0.6) is 0 Å². The number of aryl methyl sites for hydroxylation is 1. The molecule has 1 saturated heterocycles. The molecule has 0 radical (unpaired) electrons. The molecule has 2 aromatic carbocycles. The van der Waals surface area contributed by atoms with Crippen LogP contribution in [0.25, 0.3) is 0 Å². The Bertz CT molecular complexity index is 705. The molecule has 0 saturated carbocycles. The highest BCUT2D eigenvalue weighted by Crippen LogP contribution is 2.25. The molecular formula is C19H22Cl2N2O. The molecule has 0 aliphatic carbocycles. The molecule has 1 N–H and O–H groups in total. The van der Waals surface area contributed by atoms with Crippen molar-refractivity contribution in [2.75, 3.05) is 19.6 Å². The van der Waals surface area contributed by atoms with Gasteiger partial charge in [0.15, 0.2) is 0 Å². The topological polar surface area (TPSA) is 32.3 Å². The first-order chi connectivity index (χ1) is 11.1. The van der Waals surface area contributed by atoms with Gasteiger partial charge in [-0.3, -0.25) is 4.79 Å². The highest BCUT2D eigenvalue weighted by molar-refractivity contribution is 6.30. The summed E-state index contributed by atoms with van der Waals surface area (Å²) in [4.78, 5) is 14.8. The van der Waals surface area contributed by atoms with E-state index in [1.54, 1.807) is 0 Å². The third-order valence-corrected chi connectivity index (χ3v) is 4.64. The van der Waals surface area contributed by atoms with E-state index in [0.29, 0.717) is 11.4 Å². The molecule has 1 fully saturated rings. The van der Waals surface area contributed by atoms with E-state index in [2.05, 4.69) is 18.3 Å². The van der Waals surface area contributed by atoms with E-state index >= 15 is 0 Å². The number of hydrogen-bond donors (Lipinski definition) is 1. The molecule has 128 valence electrons. The number of halogens is 2. The minimum atomic E-state index is 0. The van der Waals surface area contributed by atoms with Crippen LogP contribution in [-0.2, 0) is 11.2 Å². The number of benzene rings is 2. The average Bonchev–Trinajstić information content (AvgIpc) is 2.57. The first kappa shape index (κ1) is 18.8. The second-order valence-electron chi connectivity index (χ2n) is 5.97. The zero-order valence-electron chi connectivity index (χ0n) is 13.7. The summed E-state index contributed by atoms with van der Waals surface area (Å²) in [5.41, 5.74) is 3.35. The Morgan fingerprint density at radius 2 is 2.04 bits per heavy atom. The fraction of sp³-hybridized carbons (Fsp3) is 0.316. The van der Waals surface area contributed by atoms with Crippen molar-refractivity contribution in [2.24, 2.45) is 0 Å².